The summed E-state index contributed by atoms with van der Waals surface area (Å²) in [6.45, 7) is 0. The third kappa shape index (κ3) is 1.31. The van der Waals surface area contributed by atoms with Crippen LogP contribution in [0.2, 0.25) is 0 Å². The number of nitrogens with zero attached hydrogens (tertiary/aromatic N) is 1. The van der Waals surface area contributed by atoms with Crippen LogP contribution in [0.25, 0.3) is 10.9 Å². The molecule has 0 atom stereocenters. The Hall–Kier alpha value is -0.640. The van der Waals surface area contributed by atoms with Crippen molar-refractivity contribution in [2.75, 3.05) is 4.93 Å². The van der Waals surface area contributed by atoms with Crippen molar-refractivity contribution in [3.63, 3.8) is 0 Å². The van der Waals surface area contributed by atoms with Gasteiger partial charge < -0.3 is 0 Å². The van der Waals surface area contributed by atoms with Gasteiger partial charge in [-0.05, 0) is 0 Å². The Labute approximate surface area is 82.1 Å². The maximum absolute atomic E-state index is 4.31. The molecule has 0 aliphatic heterocycles. The minimum absolute atomic E-state index is 0.167. The van der Waals surface area contributed by atoms with Crippen molar-refractivity contribution in [2.45, 2.75) is 0 Å². The van der Waals surface area contributed by atoms with Crippen LogP contribution in [0.5, 0.6) is 0 Å². The van der Waals surface area contributed by atoms with E-state index in [2.05, 4.69) is 34.2 Å². The Kier molecular flexibility index (Phi) is 2.26. The third-order valence-electron chi connectivity index (χ3n) is 1.80. The summed E-state index contributed by atoms with van der Waals surface area (Å²) in [5, 5.41) is 1.33. The second-order valence-electron chi connectivity index (χ2n) is 2.50. The SMILES string of the molecule is C[I-]c1cccc2ncccc12. The first-order valence-corrected chi connectivity index (χ1v) is 6.98. The zero-order valence-corrected chi connectivity index (χ0v) is 8.95. The van der Waals surface area contributed by atoms with E-state index in [1.807, 2.05) is 12.3 Å². The van der Waals surface area contributed by atoms with Crippen LogP contribution in [-0.4, -0.2) is 9.91 Å². The van der Waals surface area contributed by atoms with Gasteiger partial charge in [0, 0.05) is 0 Å². The van der Waals surface area contributed by atoms with Gasteiger partial charge in [-0.2, -0.15) is 0 Å². The van der Waals surface area contributed by atoms with Crippen molar-refractivity contribution in [3.8, 4) is 0 Å². The molecule has 1 aromatic heterocycles. The summed E-state index contributed by atoms with van der Waals surface area (Å²) in [6, 6.07) is 10.5. The van der Waals surface area contributed by atoms with E-state index in [-0.39, 0.29) is 21.2 Å². The minimum atomic E-state index is 0.167. The zero-order valence-electron chi connectivity index (χ0n) is 6.79. The van der Waals surface area contributed by atoms with E-state index in [4.69, 9.17) is 0 Å². The molecule has 2 rings (SSSR count). The van der Waals surface area contributed by atoms with Gasteiger partial charge in [0.2, 0.25) is 0 Å². The topological polar surface area (TPSA) is 12.9 Å². The van der Waals surface area contributed by atoms with Gasteiger partial charge in [-0.1, -0.05) is 0 Å². The molecule has 0 bridgehead atoms. The molecule has 0 unspecified atom stereocenters. The van der Waals surface area contributed by atoms with E-state index in [0.29, 0.717) is 0 Å². The van der Waals surface area contributed by atoms with Crippen LogP contribution < -0.4 is 21.2 Å². The molecule has 0 N–H and O–H groups in total. The number of alkyl halides is 1. The molecule has 2 heteroatoms. The van der Waals surface area contributed by atoms with Crippen molar-refractivity contribution >= 4 is 10.9 Å². The van der Waals surface area contributed by atoms with Gasteiger partial charge in [0.25, 0.3) is 0 Å². The Bertz CT molecular complexity index is 392. The van der Waals surface area contributed by atoms with E-state index in [9.17, 15) is 0 Å². The molecule has 1 aromatic carbocycles. The molecule has 0 saturated heterocycles. The molecular weight excluding hydrogens is 261 g/mol. The van der Waals surface area contributed by atoms with Gasteiger partial charge in [-0.3, -0.25) is 0 Å². The van der Waals surface area contributed by atoms with Gasteiger partial charge in [0.05, 0.1) is 0 Å². The summed E-state index contributed by atoms with van der Waals surface area (Å²) in [7, 11) is 0. The van der Waals surface area contributed by atoms with Crippen LogP contribution >= 0.6 is 0 Å². The summed E-state index contributed by atoms with van der Waals surface area (Å²) in [5.41, 5.74) is 1.12. The van der Waals surface area contributed by atoms with Crippen LogP contribution in [0.3, 0.4) is 0 Å². The maximum atomic E-state index is 4.31. The summed E-state index contributed by atoms with van der Waals surface area (Å²) < 4.78 is 1.49. The Morgan fingerprint density at radius 1 is 1.17 bits per heavy atom. The second kappa shape index (κ2) is 3.39. The Morgan fingerprint density at radius 2 is 2.08 bits per heavy atom. The van der Waals surface area contributed by atoms with E-state index in [1.54, 1.807) is 0 Å². The van der Waals surface area contributed by atoms with Gasteiger partial charge in [-0.15, -0.1) is 0 Å². The fourth-order valence-corrected chi connectivity index (χ4v) is 2.83. The second-order valence-corrected chi connectivity index (χ2v) is 4.74. The molecule has 0 radical (unpaired) electrons. The monoisotopic (exact) mass is 270 g/mol. The fraction of sp³-hybridized carbons (Fsp3) is 0.100. The van der Waals surface area contributed by atoms with Crippen molar-refractivity contribution in [3.05, 3.63) is 40.1 Å². The molecule has 1 nitrogen and oxygen atoms in total. The summed E-state index contributed by atoms with van der Waals surface area (Å²) in [5.74, 6) is 0. The summed E-state index contributed by atoms with van der Waals surface area (Å²) in [4.78, 5) is 6.59. The van der Waals surface area contributed by atoms with Crippen LogP contribution in [0.1, 0.15) is 0 Å². The van der Waals surface area contributed by atoms with E-state index < -0.39 is 0 Å². The first-order valence-electron chi connectivity index (χ1n) is 3.75. The van der Waals surface area contributed by atoms with E-state index in [0.717, 1.165) is 5.52 Å². The molecule has 0 amide bonds. The van der Waals surface area contributed by atoms with Gasteiger partial charge in [0.15, 0.2) is 0 Å². The third-order valence-corrected chi connectivity index (χ3v) is 3.90. The van der Waals surface area contributed by atoms with Crippen LogP contribution in [0.4, 0.5) is 0 Å². The van der Waals surface area contributed by atoms with E-state index in [1.165, 1.54) is 8.96 Å². The average molecular weight is 270 g/mol. The predicted octanol–water partition coefficient (Wildman–Crippen LogP) is -0.877. The molecule has 0 aliphatic carbocycles. The predicted molar refractivity (Wildman–Crippen MR) is 46.4 cm³/mol. The number of pyridine rings is 1. The van der Waals surface area contributed by atoms with Crippen molar-refractivity contribution < 1.29 is 21.2 Å². The van der Waals surface area contributed by atoms with Crippen molar-refractivity contribution in [2.24, 2.45) is 0 Å². The first kappa shape index (κ1) is 7.98. The molecule has 2 aromatic rings. The molecule has 1 heterocycles. The van der Waals surface area contributed by atoms with Gasteiger partial charge in [0.1, 0.15) is 0 Å². The number of aromatic nitrogens is 1. The normalized spacial score (nSPS) is 10.8. The molecular formula is C10H9IN-. The number of hydrogen-bond donors (Lipinski definition) is 0. The number of rotatable bonds is 1. The molecule has 62 valence electrons. The fourth-order valence-electron chi connectivity index (χ4n) is 1.23. The molecule has 0 spiro atoms. The van der Waals surface area contributed by atoms with Crippen molar-refractivity contribution in [1.29, 1.82) is 0 Å². The molecule has 12 heavy (non-hydrogen) atoms. The average Bonchev–Trinajstić information content (AvgIpc) is 2.17. The first-order chi connectivity index (χ1) is 5.92. The summed E-state index contributed by atoms with van der Waals surface area (Å²) in [6.07, 6.45) is 1.85. The van der Waals surface area contributed by atoms with Crippen molar-refractivity contribution in [1.82, 2.24) is 4.98 Å². The number of benzene rings is 1. The Morgan fingerprint density at radius 3 is 2.92 bits per heavy atom. The van der Waals surface area contributed by atoms with Gasteiger partial charge >= 0.3 is 82.1 Å². The number of fused-ring (bicyclic) bond motifs is 1. The Balaban J connectivity index is 2.79. The van der Waals surface area contributed by atoms with Crippen LogP contribution in [0.15, 0.2) is 36.5 Å². The quantitative estimate of drug-likeness (QED) is 0.484. The molecule has 0 saturated carbocycles. The van der Waals surface area contributed by atoms with E-state index >= 15 is 0 Å². The zero-order chi connectivity index (χ0) is 8.39. The van der Waals surface area contributed by atoms with Crippen LogP contribution in [-0.2, 0) is 0 Å². The number of hydrogen-bond acceptors (Lipinski definition) is 1. The van der Waals surface area contributed by atoms with Gasteiger partial charge in [-0.25, -0.2) is 0 Å². The standard InChI is InChI=1S/C10H9IN/c1-11-9-5-2-6-10-8(9)4-3-7-12-10/h2-7H,1H3/q-1. The van der Waals surface area contributed by atoms with Crippen LogP contribution in [0, 0.1) is 3.57 Å². The molecule has 0 fully saturated rings. The summed E-state index contributed by atoms with van der Waals surface area (Å²) >= 11 is 0.167. The molecule has 0 aliphatic rings. The number of halogens is 1.